The predicted molar refractivity (Wildman–Crippen MR) is 92.0 cm³/mol. The minimum absolute atomic E-state index is 0.0861. The van der Waals surface area contributed by atoms with Gasteiger partial charge in [-0.3, -0.25) is 9.89 Å². The number of unbranched alkanes of at least 4 members (excludes halogenated alkanes) is 1. The molecule has 2 atom stereocenters. The van der Waals surface area contributed by atoms with E-state index in [0.29, 0.717) is 17.9 Å². The van der Waals surface area contributed by atoms with Crippen molar-refractivity contribution in [1.29, 1.82) is 0 Å². The number of hydrogen-bond acceptors (Lipinski definition) is 4. The normalized spacial score (nSPS) is 19.8. The van der Waals surface area contributed by atoms with Crippen LogP contribution < -0.4 is 0 Å². The maximum atomic E-state index is 12.6. The van der Waals surface area contributed by atoms with Gasteiger partial charge in [-0.2, -0.15) is 5.10 Å². The summed E-state index contributed by atoms with van der Waals surface area (Å²) in [4.78, 5) is 14.5. The summed E-state index contributed by atoms with van der Waals surface area (Å²) in [5.74, 6) is 1.29. The van der Waals surface area contributed by atoms with Crippen LogP contribution in [-0.4, -0.2) is 51.4 Å². The van der Waals surface area contributed by atoms with Gasteiger partial charge in [0.15, 0.2) is 4.77 Å². The van der Waals surface area contributed by atoms with E-state index in [1.54, 1.807) is 0 Å². The molecule has 1 N–H and O–H groups in total. The highest BCUT2D eigenvalue weighted by molar-refractivity contribution is 7.71. The van der Waals surface area contributed by atoms with Crippen LogP contribution in [0.3, 0.4) is 0 Å². The summed E-state index contributed by atoms with van der Waals surface area (Å²) in [6.45, 7) is 8.97. The number of rotatable bonds is 7. The second-order valence-electron chi connectivity index (χ2n) is 6.12. The number of nitrogens with zero attached hydrogens (tertiary/aromatic N) is 3. The van der Waals surface area contributed by atoms with Crippen LogP contribution >= 0.6 is 12.2 Å². The summed E-state index contributed by atoms with van der Waals surface area (Å²) in [6, 6.07) is 0. The number of likely N-dealkylation sites (tertiary alicyclic amines) is 1. The van der Waals surface area contributed by atoms with Crippen molar-refractivity contribution in [3.8, 4) is 0 Å². The third-order valence-electron chi connectivity index (χ3n) is 4.42. The number of ether oxygens (including phenoxy) is 1. The van der Waals surface area contributed by atoms with Gasteiger partial charge in [0.05, 0.1) is 0 Å². The molecule has 7 heteroatoms. The molecular formula is C16H28N4O2S. The summed E-state index contributed by atoms with van der Waals surface area (Å²) in [7, 11) is 0. The molecule has 2 rings (SSSR count). The van der Waals surface area contributed by atoms with E-state index >= 15 is 0 Å². The third-order valence-corrected chi connectivity index (χ3v) is 4.73. The van der Waals surface area contributed by atoms with Crippen LogP contribution in [0.4, 0.5) is 0 Å². The van der Waals surface area contributed by atoms with Gasteiger partial charge in [-0.15, -0.1) is 0 Å². The zero-order valence-corrected chi connectivity index (χ0v) is 15.2. The Balaban J connectivity index is 2.00. The van der Waals surface area contributed by atoms with E-state index in [1.807, 2.05) is 16.4 Å². The van der Waals surface area contributed by atoms with Crippen LogP contribution in [-0.2, 0) is 16.1 Å². The summed E-state index contributed by atoms with van der Waals surface area (Å²) in [6.07, 6.45) is 3.72. The lowest BCUT2D eigenvalue weighted by atomic mass is 9.96. The van der Waals surface area contributed by atoms with Crippen LogP contribution in [0.1, 0.15) is 58.2 Å². The van der Waals surface area contributed by atoms with Crippen molar-refractivity contribution < 1.29 is 9.53 Å². The second-order valence-corrected chi connectivity index (χ2v) is 6.51. The van der Waals surface area contributed by atoms with Crippen LogP contribution in [0, 0.1) is 4.77 Å². The second kappa shape index (κ2) is 8.59. The van der Waals surface area contributed by atoms with Gasteiger partial charge < -0.3 is 14.2 Å². The van der Waals surface area contributed by atoms with Gasteiger partial charge >= 0.3 is 0 Å². The average Bonchev–Trinajstić information content (AvgIpc) is 2.95. The first-order valence-electron chi connectivity index (χ1n) is 8.63. The molecule has 1 aromatic rings. The summed E-state index contributed by atoms with van der Waals surface area (Å²) >= 11 is 5.27. The van der Waals surface area contributed by atoms with Crippen LogP contribution in [0.2, 0.25) is 0 Å². The molecule has 0 saturated carbocycles. The number of H-pyrrole nitrogens is 1. The molecule has 0 aliphatic carbocycles. The first-order chi connectivity index (χ1) is 11.1. The largest absolute Gasteiger partial charge is 0.369 e. The Bertz CT molecular complexity index is 569. The van der Waals surface area contributed by atoms with Gasteiger partial charge in [-0.05, 0) is 45.3 Å². The molecule has 1 aliphatic rings. The monoisotopic (exact) mass is 340 g/mol. The highest BCUT2D eigenvalue weighted by atomic mass is 32.1. The third kappa shape index (κ3) is 4.41. The fourth-order valence-electron chi connectivity index (χ4n) is 3.07. The fourth-order valence-corrected chi connectivity index (χ4v) is 3.34. The molecule has 1 aliphatic heterocycles. The van der Waals surface area contributed by atoms with Gasteiger partial charge in [0.2, 0.25) is 0 Å². The molecule has 2 heterocycles. The molecule has 1 saturated heterocycles. The van der Waals surface area contributed by atoms with Crippen molar-refractivity contribution in [3.63, 3.8) is 0 Å². The summed E-state index contributed by atoms with van der Waals surface area (Å²) < 4.78 is 8.33. The Labute approximate surface area is 143 Å². The first-order valence-corrected chi connectivity index (χ1v) is 9.04. The molecule has 6 nitrogen and oxygen atoms in total. The minimum atomic E-state index is -0.368. The summed E-state index contributed by atoms with van der Waals surface area (Å²) in [5.41, 5.74) is 0. The van der Waals surface area contributed by atoms with E-state index in [9.17, 15) is 4.79 Å². The Morgan fingerprint density at radius 1 is 1.52 bits per heavy atom. The van der Waals surface area contributed by atoms with E-state index in [1.165, 1.54) is 0 Å². The van der Waals surface area contributed by atoms with E-state index in [2.05, 4.69) is 24.0 Å². The topological polar surface area (TPSA) is 63.1 Å². The molecule has 0 aromatic carbocycles. The SMILES string of the molecule is CCCCO[C@@H](C)C(=O)N1CCC[C@H](c2n[nH]c(=S)n2CC)C1. The van der Waals surface area contributed by atoms with E-state index in [-0.39, 0.29) is 17.9 Å². The maximum Gasteiger partial charge on any atom is 0.251 e. The van der Waals surface area contributed by atoms with E-state index < -0.39 is 0 Å². The molecule has 1 amide bonds. The van der Waals surface area contributed by atoms with Gasteiger partial charge in [0, 0.05) is 32.2 Å². The maximum absolute atomic E-state index is 12.6. The van der Waals surface area contributed by atoms with Crippen molar-refractivity contribution in [3.05, 3.63) is 10.6 Å². The lowest BCUT2D eigenvalue weighted by molar-refractivity contribution is -0.144. The van der Waals surface area contributed by atoms with E-state index in [0.717, 1.165) is 44.6 Å². The Kier molecular flexibility index (Phi) is 6.77. The quantitative estimate of drug-likeness (QED) is 0.612. The summed E-state index contributed by atoms with van der Waals surface area (Å²) in [5, 5.41) is 7.26. The number of piperidine rings is 1. The molecule has 0 radical (unpaired) electrons. The van der Waals surface area contributed by atoms with E-state index in [4.69, 9.17) is 17.0 Å². The van der Waals surface area contributed by atoms with Gasteiger partial charge in [0.25, 0.3) is 5.91 Å². The molecule has 0 bridgehead atoms. The molecule has 1 fully saturated rings. The average molecular weight is 340 g/mol. The lowest BCUT2D eigenvalue weighted by Crippen LogP contribution is -2.44. The standard InChI is InChI=1S/C16H28N4O2S/c1-4-6-10-22-12(3)15(21)19-9-7-8-13(11-19)14-17-18-16(23)20(14)5-2/h12-13H,4-11H2,1-3H3,(H,18,23)/t12-,13-/m0/s1. The van der Waals surface area contributed by atoms with Gasteiger partial charge in [0.1, 0.15) is 11.9 Å². The van der Waals surface area contributed by atoms with Crippen molar-refractivity contribution in [1.82, 2.24) is 19.7 Å². The molecular weight excluding hydrogens is 312 g/mol. The van der Waals surface area contributed by atoms with Crippen molar-refractivity contribution >= 4 is 18.1 Å². The highest BCUT2D eigenvalue weighted by Crippen LogP contribution is 2.26. The minimum Gasteiger partial charge on any atom is -0.369 e. The molecule has 130 valence electrons. The Morgan fingerprint density at radius 3 is 3.00 bits per heavy atom. The number of carbonyl (C=O) groups excluding carboxylic acids is 1. The smallest absolute Gasteiger partial charge is 0.251 e. The highest BCUT2D eigenvalue weighted by Gasteiger charge is 2.30. The number of aromatic amines is 1. The Morgan fingerprint density at radius 2 is 2.30 bits per heavy atom. The number of carbonyl (C=O) groups is 1. The number of amides is 1. The lowest BCUT2D eigenvalue weighted by Gasteiger charge is -2.33. The molecule has 0 spiro atoms. The van der Waals surface area contributed by atoms with Gasteiger partial charge in [-0.1, -0.05) is 13.3 Å². The van der Waals surface area contributed by atoms with Crippen LogP contribution in [0.15, 0.2) is 0 Å². The number of nitrogens with one attached hydrogen (secondary N) is 1. The first kappa shape index (κ1) is 18.1. The number of aromatic nitrogens is 3. The van der Waals surface area contributed by atoms with Crippen molar-refractivity contribution in [2.45, 2.75) is 65.0 Å². The fraction of sp³-hybridized carbons (Fsp3) is 0.812. The Hall–Kier alpha value is -1.21. The number of hydrogen-bond donors (Lipinski definition) is 1. The molecule has 1 aromatic heterocycles. The molecule has 23 heavy (non-hydrogen) atoms. The van der Waals surface area contributed by atoms with Crippen LogP contribution in [0.5, 0.6) is 0 Å². The van der Waals surface area contributed by atoms with Gasteiger partial charge in [-0.25, -0.2) is 0 Å². The van der Waals surface area contributed by atoms with Crippen molar-refractivity contribution in [2.24, 2.45) is 0 Å². The zero-order valence-electron chi connectivity index (χ0n) is 14.4. The predicted octanol–water partition coefficient (Wildman–Crippen LogP) is 2.87. The van der Waals surface area contributed by atoms with Crippen molar-refractivity contribution in [2.75, 3.05) is 19.7 Å². The molecule has 0 unspecified atom stereocenters. The van der Waals surface area contributed by atoms with Crippen LogP contribution in [0.25, 0.3) is 0 Å². The zero-order chi connectivity index (χ0) is 16.8.